The Labute approximate surface area is 128 Å². The Balaban J connectivity index is 1.90. The highest BCUT2D eigenvalue weighted by Gasteiger charge is 2.27. The van der Waals surface area contributed by atoms with Gasteiger partial charge < -0.3 is 10.0 Å². The standard InChI is InChI=1S/C16H19N3OS/c20-9-11-3-1-2-7-19(11)16-15-12-6-8-21-14(12)5-4-13(15)17-10-18-16/h4-5,10-11,20H,1-3,6-9H2. The maximum absolute atomic E-state index is 9.70. The van der Waals surface area contributed by atoms with Gasteiger partial charge in [-0.15, -0.1) is 11.8 Å². The van der Waals surface area contributed by atoms with Crippen molar-refractivity contribution in [2.45, 2.75) is 36.6 Å². The quantitative estimate of drug-likeness (QED) is 0.924. The average Bonchev–Trinajstić information content (AvgIpc) is 3.03. The van der Waals surface area contributed by atoms with Crippen molar-refractivity contribution in [1.29, 1.82) is 0 Å². The van der Waals surface area contributed by atoms with Crippen LogP contribution in [0.1, 0.15) is 24.8 Å². The number of fused-ring (bicyclic) bond motifs is 3. The van der Waals surface area contributed by atoms with Crippen LogP contribution in [-0.2, 0) is 6.42 Å². The summed E-state index contributed by atoms with van der Waals surface area (Å²) in [5.74, 6) is 2.17. The Hall–Kier alpha value is -1.33. The van der Waals surface area contributed by atoms with Crippen LogP contribution in [0.2, 0.25) is 0 Å². The highest BCUT2D eigenvalue weighted by atomic mass is 32.2. The van der Waals surface area contributed by atoms with E-state index in [-0.39, 0.29) is 12.6 Å². The second kappa shape index (κ2) is 5.46. The van der Waals surface area contributed by atoms with E-state index >= 15 is 0 Å². The molecule has 1 fully saturated rings. The van der Waals surface area contributed by atoms with E-state index in [4.69, 9.17) is 0 Å². The van der Waals surface area contributed by atoms with Crippen LogP contribution in [0, 0.1) is 0 Å². The van der Waals surface area contributed by atoms with E-state index in [1.807, 2.05) is 11.8 Å². The first-order valence-electron chi connectivity index (χ1n) is 7.65. The zero-order valence-corrected chi connectivity index (χ0v) is 12.8. The first kappa shape index (κ1) is 13.3. The van der Waals surface area contributed by atoms with Gasteiger partial charge in [-0.05, 0) is 43.4 Å². The van der Waals surface area contributed by atoms with Crippen LogP contribution in [0.4, 0.5) is 5.82 Å². The number of benzene rings is 1. The molecule has 4 nitrogen and oxygen atoms in total. The summed E-state index contributed by atoms with van der Waals surface area (Å²) in [6.45, 7) is 1.18. The summed E-state index contributed by atoms with van der Waals surface area (Å²) in [5, 5.41) is 10.9. The number of nitrogens with zero attached hydrogens (tertiary/aromatic N) is 3. The third-order valence-corrected chi connectivity index (χ3v) is 5.67. The van der Waals surface area contributed by atoms with Crippen LogP contribution in [0.5, 0.6) is 0 Å². The monoisotopic (exact) mass is 301 g/mol. The number of aliphatic hydroxyl groups is 1. The third kappa shape index (κ3) is 2.19. The van der Waals surface area contributed by atoms with Crippen molar-refractivity contribution in [1.82, 2.24) is 9.97 Å². The number of rotatable bonds is 2. The molecule has 4 rings (SSSR count). The molecule has 2 aliphatic heterocycles. The maximum Gasteiger partial charge on any atom is 0.140 e. The molecule has 1 aromatic heterocycles. The van der Waals surface area contributed by atoms with E-state index < -0.39 is 0 Å². The molecule has 0 bridgehead atoms. The smallest absolute Gasteiger partial charge is 0.140 e. The maximum atomic E-state index is 9.70. The minimum atomic E-state index is 0.196. The Morgan fingerprint density at radius 1 is 1.29 bits per heavy atom. The predicted molar refractivity (Wildman–Crippen MR) is 86.0 cm³/mol. The van der Waals surface area contributed by atoms with Gasteiger partial charge in [0.25, 0.3) is 0 Å². The first-order chi connectivity index (χ1) is 10.4. The number of hydrogen-bond donors (Lipinski definition) is 1. The van der Waals surface area contributed by atoms with E-state index in [1.165, 1.54) is 28.7 Å². The molecule has 1 N–H and O–H groups in total. The molecule has 5 heteroatoms. The van der Waals surface area contributed by atoms with Gasteiger partial charge in [-0.3, -0.25) is 0 Å². The first-order valence-corrected chi connectivity index (χ1v) is 8.64. The summed E-state index contributed by atoms with van der Waals surface area (Å²) in [4.78, 5) is 12.7. The minimum absolute atomic E-state index is 0.196. The molecule has 1 unspecified atom stereocenters. The Morgan fingerprint density at radius 3 is 3.14 bits per heavy atom. The summed E-state index contributed by atoms with van der Waals surface area (Å²) in [7, 11) is 0. The number of anilines is 1. The third-order valence-electron chi connectivity index (χ3n) is 4.57. The lowest BCUT2D eigenvalue weighted by molar-refractivity contribution is 0.239. The second-order valence-corrected chi connectivity index (χ2v) is 6.89. The van der Waals surface area contributed by atoms with Gasteiger partial charge >= 0.3 is 0 Å². The lowest BCUT2D eigenvalue weighted by atomic mass is 10.0. The summed E-state index contributed by atoms with van der Waals surface area (Å²) in [6, 6.07) is 4.49. The largest absolute Gasteiger partial charge is 0.394 e. The van der Waals surface area contributed by atoms with Crippen molar-refractivity contribution >= 4 is 28.5 Å². The molecule has 0 radical (unpaired) electrons. The van der Waals surface area contributed by atoms with E-state index in [0.717, 1.165) is 36.5 Å². The van der Waals surface area contributed by atoms with Crippen molar-refractivity contribution in [2.24, 2.45) is 0 Å². The summed E-state index contributed by atoms with van der Waals surface area (Å²) < 4.78 is 0. The molecule has 1 atom stereocenters. The highest BCUT2D eigenvalue weighted by Crippen LogP contribution is 2.39. The zero-order chi connectivity index (χ0) is 14.2. The lowest BCUT2D eigenvalue weighted by Crippen LogP contribution is -2.42. The van der Waals surface area contributed by atoms with Crippen LogP contribution in [0.3, 0.4) is 0 Å². The second-order valence-electron chi connectivity index (χ2n) is 5.76. The van der Waals surface area contributed by atoms with Gasteiger partial charge in [-0.1, -0.05) is 0 Å². The van der Waals surface area contributed by atoms with Crippen molar-refractivity contribution in [3.63, 3.8) is 0 Å². The highest BCUT2D eigenvalue weighted by molar-refractivity contribution is 7.99. The molecule has 0 amide bonds. The van der Waals surface area contributed by atoms with Gasteiger partial charge in [0.15, 0.2) is 0 Å². The average molecular weight is 301 g/mol. The molecule has 3 heterocycles. The van der Waals surface area contributed by atoms with Gasteiger partial charge in [0.05, 0.1) is 18.2 Å². The number of aliphatic hydroxyl groups excluding tert-OH is 1. The number of piperidine rings is 1. The van der Waals surface area contributed by atoms with Crippen molar-refractivity contribution < 1.29 is 5.11 Å². The molecule has 0 saturated carbocycles. The summed E-state index contributed by atoms with van der Waals surface area (Å²) >= 11 is 1.92. The predicted octanol–water partition coefficient (Wildman–Crippen LogP) is 2.63. The van der Waals surface area contributed by atoms with Crippen LogP contribution < -0.4 is 4.90 Å². The molecular weight excluding hydrogens is 282 g/mol. The van der Waals surface area contributed by atoms with E-state index in [1.54, 1.807) is 6.33 Å². The van der Waals surface area contributed by atoms with Gasteiger partial charge in [0, 0.05) is 22.6 Å². The molecule has 2 aromatic rings. The van der Waals surface area contributed by atoms with Crippen molar-refractivity contribution in [2.75, 3.05) is 23.8 Å². The Bertz CT molecular complexity index is 676. The van der Waals surface area contributed by atoms with E-state index in [0.29, 0.717) is 0 Å². The van der Waals surface area contributed by atoms with Gasteiger partial charge in [-0.25, -0.2) is 9.97 Å². The molecule has 1 aromatic carbocycles. The Kier molecular flexibility index (Phi) is 3.47. The van der Waals surface area contributed by atoms with Gasteiger partial charge in [-0.2, -0.15) is 0 Å². The van der Waals surface area contributed by atoms with Crippen LogP contribution in [0.25, 0.3) is 10.9 Å². The molecule has 21 heavy (non-hydrogen) atoms. The molecule has 2 aliphatic rings. The number of hydrogen-bond acceptors (Lipinski definition) is 5. The molecular formula is C16H19N3OS. The fraction of sp³-hybridized carbons (Fsp3) is 0.500. The van der Waals surface area contributed by atoms with E-state index in [2.05, 4.69) is 27.0 Å². The fourth-order valence-corrected chi connectivity index (χ4v) is 4.59. The Morgan fingerprint density at radius 2 is 2.24 bits per heavy atom. The van der Waals surface area contributed by atoms with Crippen molar-refractivity contribution in [3.8, 4) is 0 Å². The van der Waals surface area contributed by atoms with Crippen LogP contribution in [-0.4, -0.2) is 40.0 Å². The molecule has 0 aliphatic carbocycles. The SMILES string of the molecule is OCC1CCCCN1c1ncnc2ccc3c(c12)CCS3. The molecule has 0 spiro atoms. The number of aryl methyl sites for hydroxylation is 1. The van der Waals surface area contributed by atoms with E-state index in [9.17, 15) is 5.11 Å². The van der Waals surface area contributed by atoms with Crippen molar-refractivity contribution in [3.05, 3.63) is 24.0 Å². The van der Waals surface area contributed by atoms with Crippen LogP contribution >= 0.6 is 11.8 Å². The minimum Gasteiger partial charge on any atom is -0.394 e. The van der Waals surface area contributed by atoms with Gasteiger partial charge in [0.2, 0.25) is 0 Å². The lowest BCUT2D eigenvalue weighted by Gasteiger charge is -2.36. The normalized spacial score (nSPS) is 21.8. The van der Waals surface area contributed by atoms with Crippen LogP contribution in [0.15, 0.2) is 23.4 Å². The molecule has 110 valence electrons. The number of thioether (sulfide) groups is 1. The fourth-order valence-electron chi connectivity index (χ4n) is 3.52. The molecule has 1 saturated heterocycles. The summed E-state index contributed by atoms with van der Waals surface area (Å²) in [5.41, 5.74) is 2.43. The summed E-state index contributed by atoms with van der Waals surface area (Å²) in [6.07, 6.45) is 6.17. The topological polar surface area (TPSA) is 49.2 Å². The van der Waals surface area contributed by atoms with Gasteiger partial charge in [0.1, 0.15) is 12.1 Å². The zero-order valence-electron chi connectivity index (χ0n) is 12.0. The number of aromatic nitrogens is 2.